The molecule has 0 aliphatic rings. The Balaban J connectivity index is 1.71. The van der Waals surface area contributed by atoms with E-state index < -0.39 is 12.1 Å². The number of hydrogen-bond acceptors (Lipinski definition) is 5. The van der Waals surface area contributed by atoms with Gasteiger partial charge in [0.05, 0.1) is 16.3 Å². The van der Waals surface area contributed by atoms with Crippen molar-refractivity contribution < 1.29 is 9.59 Å². The van der Waals surface area contributed by atoms with Crippen molar-refractivity contribution in [2.24, 2.45) is 7.05 Å². The van der Waals surface area contributed by atoms with E-state index in [1.54, 1.807) is 60.4 Å². The second-order valence-corrected chi connectivity index (χ2v) is 8.14. The molecule has 0 saturated carbocycles. The Hall–Kier alpha value is -3.91. The monoisotopic (exact) mass is 446 g/mol. The van der Waals surface area contributed by atoms with Crippen LogP contribution in [0.25, 0.3) is 5.69 Å². The summed E-state index contributed by atoms with van der Waals surface area (Å²) >= 11 is 1.28. The quantitative estimate of drug-likeness (QED) is 0.336. The summed E-state index contributed by atoms with van der Waals surface area (Å²) in [6.45, 7) is 1.79. The molecular formula is C24H22N4O3S. The molecule has 0 saturated heterocycles. The highest BCUT2D eigenvalue weighted by Crippen LogP contribution is 2.17. The number of ketones is 1. The number of benzene rings is 2. The zero-order valence-electron chi connectivity index (χ0n) is 17.6. The maximum atomic E-state index is 13.3. The van der Waals surface area contributed by atoms with Crippen LogP contribution in [0.5, 0.6) is 0 Å². The normalized spacial score (nSPS) is 11.7. The lowest BCUT2D eigenvalue weighted by Gasteiger charge is -2.19. The largest absolute Gasteiger partial charge is 0.353 e. The lowest BCUT2D eigenvalue weighted by atomic mass is 10.2. The third kappa shape index (κ3) is 4.13. The molecule has 1 amide bonds. The van der Waals surface area contributed by atoms with Crippen LogP contribution in [0.1, 0.15) is 25.7 Å². The Labute approximate surface area is 188 Å². The van der Waals surface area contributed by atoms with E-state index in [1.807, 2.05) is 36.4 Å². The number of anilines is 1. The van der Waals surface area contributed by atoms with Crippen molar-refractivity contribution in [2.45, 2.75) is 13.1 Å². The number of nitrogens with zero attached hydrogens (tertiary/aromatic N) is 2. The summed E-state index contributed by atoms with van der Waals surface area (Å²) < 4.78 is 3.23. The van der Waals surface area contributed by atoms with Crippen molar-refractivity contribution in [2.75, 3.05) is 5.32 Å². The lowest BCUT2D eigenvalue weighted by molar-refractivity contribution is 0.0871. The highest BCUT2D eigenvalue weighted by Gasteiger charge is 2.27. The van der Waals surface area contributed by atoms with E-state index in [-0.39, 0.29) is 17.0 Å². The van der Waals surface area contributed by atoms with Gasteiger partial charge < -0.3 is 10.6 Å². The average Bonchev–Trinajstić information content (AvgIpc) is 3.43. The number of carbonyl (C=O) groups excluding carboxylic acids is 2. The van der Waals surface area contributed by atoms with Crippen LogP contribution < -0.4 is 16.2 Å². The van der Waals surface area contributed by atoms with Crippen LogP contribution in [0.3, 0.4) is 0 Å². The number of nitrogens with one attached hydrogen (secondary N) is 2. The number of para-hydroxylation sites is 1. The van der Waals surface area contributed by atoms with E-state index in [1.165, 1.54) is 16.0 Å². The van der Waals surface area contributed by atoms with Crippen molar-refractivity contribution in [1.29, 1.82) is 0 Å². The Morgan fingerprint density at radius 1 is 0.938 bits per heavy atom. The van der Waals surface area contributed by atoms with Gasteiger partial charge in [-0.25, -0.2) is 4.68 Å². The number of Topliss-reactive ketones (excluding diaryl/α,β-unsaturated/α-hetero) is 1. The highest BCUT2D eigenvalue weighted by atomic mass is 32.1. The van der Waals surface area contributed by atoms with Gasteiger partial charge >= 0.3 is 0 Å². The number of rotatable bonds is 7. The number of carbonyl (C=O) groups is 2. The molecule has 162 valence electrons. The summed E-state index contributed by atoms with van der Waals surface area (Å²) in [7, 11) is 1.77. The van der Waals surface area contributed by atoms with Gasteiger partial charge in [0.2, 0.25) is 5.78 Å². The van der Waals surface area contributed by atoms with Gasteiger partial charge in [-0.05, 0) is 42.6 Å². The van der Waals surface area contributed by atoms with Crippen molar-refractivity contribution >= 4 is 28.7 Å². The molecule has 1 atom stereocenters. The molecule has 2 aromatic heterocycles. The van der Waals surface area contributed by atoms with Gasteiger partial charge in [-0.1, -0.05) is 42.5 Å². The fourth-order valence-electron chi connectivity index (χ4n) is 3.41. The van der Waals surface area contributed by atoms with Gasteiger partial charge in [0, 0.05) is 12.6 Å². The molecule has 8 heteroatoms. The molecule has 7 nitrogen and oxygen atoms in total. The minimum atomic E-state index is -1.11. The lowest BCUT2D eigenvalue weighted by Crippen LogP contribution is -2.47. The van der Waals surface area contributed by atoms with Gasteiger partial charge in [0.25, 0.3) is 11.5 Å². The number of hydrogen-bond donors (Lipinski definition) is 2. The maximum Gasteiger partial charge on any atom is 0.295 e. The average molecular weight is 447 g/mol. The molecule has 32 heavy (non-hydrogen) atoms. The van der Waals surface area contributed by atoms with E-state index in [0.717, 1.165) is 0 Å². The fourth-order valence-corrected chi connectivity index (χ4v) is 4.11. The minimum absolute atomic E-state index is 0.250. The van der Waals surface area contributed by atoms with Crippen LogP contribution in [0.2, 0.25) is 0 Å². The van der Waals surface area contributed by atoms with Gasteiger partial charge in [0.15, 0.2) is 6.17 Å². The summed E-state index contributed by atoms with van der Waals surface area (Å²) in [6.07, 6.45) is -1.11. The Morgan fingerprint density at radius 3 is 2.22 bits per heavy atom. The predicted octanol–water partition coefficient (Wildman–Crippen LogP) is 3.60. The van der Waals surface area contributed by atoms with E-state index >= 15 is 0 Å². The molecule has 2 N–H and O–H groups in total. The zero-order chi connectivity index (χ0) is 22.7. The smallest absolute Gasteiger partial charge is 0.295 e. The summed E-state index contributed by atoms with van der Waals surface area (Å²) in [6, 6.07) is 21.3. The van der Waals surface area contributed by atoms with Gasteiger partial charge in [-0.3, -0.25) is 19.1 Å². The van der Waals surface area contributed by atoms with Crippen LogP contribution >= 0.6 is 11.3 Å². The number of amides is 1. The van der Waals surface area contributed by atoms with Gasteiger partial charge in [0.1, 0.15) is 5.69 Å². The summed E-state index contributed by atoms with van der Waals surface area (Å²) in [5.74, 6) is -0.733. The third-order valence-corrected chi connectivity index (χ3v) is 6.06. The molecule has 4 aromatic rings. The predicted molar refractivity (Wildman–Crippen MR) is 126 cm³/mol. The molecule has 0 aliphatic carbocycles. The second-order valence-electron chi connectivity index (χ2n) is 7.19. The molecule has 0 unspecified atom stereocenters. The molecule has 0 radical (unpaired) electrons. The van der Waals surface area contributed by atoms with Crippen molar-refractivity contribution in [3.63, 3.8) is 0 Å². The van der Waals surface area contributed by atoms with Crippen molar-refractivity contribution in [3.8, 4) is 5.69 Å². The topological polar surface area (TPSA) is 85.1 Å². The summed E-state index contributed by atoms with van der Waals surface area (Å²) in [4.78, 5) is 39.7. The fraction of sp³-hybridized carbons (Fsp3) is 0.125. The first kappa shape index (κ1) is 21.3. The van der Waals surface area contributed by atoms with E-state index in [0.29, 0.717) is 21.8 Å². The van der Waals surface area contributed by atoms with Crippen LogP contribution in [0.15, 0.2) is 83.0 Å². The Bertz CT molecular complexity index is 1290. The standard InChI is InChI=1S/C24H22N4O3S/c1-16-20(24(31)28(27(16)2)18-12-7-4-8-13-18)25-22(21(29)19-14-9-15-32-19)26-23(30)17-10-5-3-6-11-17/h3-15,22,25H,1-2H3,(H,26,30)/t22-/m1/s1. The molecular weight excluding hydrogens is 424 g/mol. The molecule has 0 fully saturated rings. The van der Waals surface area contributed by atoms with E-state index in [4.69, 9.17) is 0 Å². The molecule has 0 aliphatic heterocycles. The van der Waals surface area contributed by atoms with Gasteiger partial charge in [-0.2, -0.15) is 0 Å². The van der Waals surface area contributed by atoms with Crippen molar-refractivity contribution in [3.05, 3.63) is 105 Å². The molecule has 0 spiro atoms. The van der Waals surface area contributed by atoms with Crippen LogP contribution in [0, 0.1) is 6.92 Å². The first-order chi connectivity index (χ1) is 15.5. The second kappa shape index (κ2) is 9.07. The van der Waals surface area contributed by atoms with E-state index in [2.05, 4.69) is 10.6 Å². The zero-order valence-corrected chi connectivity index (χ0v) is 18.4. The first-order valence-corrected chi connectivity index (χ1v) is 10.9. The van der Waals surface area contributed by atoms with Crippen molar-refractivity contribution in [1.82, 2.24) is 14.7 Å². The molecule has 0 bridgehead atoms. The summed E-state index contributed by atoms with van der Waals surface area (Å²) in [5, 5.41) is 7.54. The molecule has 2 aromatic carbocycles. The number of thiophene rings is 1. The Morgan fingerprint density at radius 2 is 1.59 bits per heavy atom. The third-order valence-electron chi connectivity index (χ3n) is 5.18. The first-order valence-electron chi connectivity index (χ1n) is 10.0. The maximum absolute atomic E-state index is 13.3. The molecule has 4 rings (SSSR count). The molecule has 2 heterocycles. The van der Waals surface area contributed by atoms with Gasteiger partial charge in [-0.15, -0.1) is 11.3 Å². The SMILES string of the molecule is Cc1c(N[C@H](NC(=O)c2ccccc2)C(=O)c2cccs2)c(=O)n(-c2ccccc2)n1C. The van der Waals surface area contributed by atoms with E-state index in [9.17, 15) is 14.4 Å². The highest BCUT2D eigenvalue weighted by molar-refractivity contribution is 7.12. The van der Waals surface area contributed by atoms with Crippen LogP contribution in [-0.4, -0.2) is 27.2 Å². The van der Waals surface area contributed by atoms with Crippen LogP contribution in [-0.2, 0) is 7.05 Å². The number of aromatic nitrogens is 2. The Kier molecular flexibility index (Phi) is 6.04. The summed E-state index contributed by atoms with van der Waals surface area (Å²) in [5.41, 5.74) is 1.70. The minimum Gasteiger partial charge on any atom is -0.353 e. The van der Waals surface area contributed by atoms with Crippen LogP contribution in [0.4, 0.5) is 5.69 Å².